The lowest BCUT2D eigenvalue weighted by atomic mass is 10.2. The summed E-state index contributed by atoms with van der Waals surface area (Å²) in [6.45, 7) is 5.11. The maximum atomic E-state index is 11.8. The maximum Gasteiger partial charge on any atom is 0.293 e. The fourth-order valence-corrected chi connectivity index (χ4v) is 1.24. The molecule has 0 unspecified atom stereocenters. The monoisotopic (exact) mass is 205 g/mol. The van der Waals surface area contributed by atoms with Gasteiger partial charge in [0.15, 0.2) is 5.82 Å². The molecule has 4 nitrogen and oxygen atoms in total. The average Bonchev–Trinajstić information content (AvgIpc) is 2.19. The highest BCUT2D eigenvalue weighted by atomic mass is 16.1. The lowest BCUT2D eigenvalue weighted by molar-refractivity contribution is 0.510. The normalized spacial score (nSPS) is 10.0. The first-order valence-corrected chi connectivity index (χ1v) is 4.88. The molecule has 0 amide bonds. The lowest BCUT2D eigenvalue weighted by Gasteiger charge is -2.09. The molecule has 0 bridgehead atoms. The maximum absolute atomic E-state index is 11.8. The van der Waals surface area contributed by atoms with E-state index in [9.17, 15) is 4.79 Å². The second-order valence-corrected chi connectivity index (χ2v) is 3.68. The molecule has 4 heteroatoms. The van der Waals surface area contributed by atoms with Crippen molar-refractivity contribution < 1.29 is 0 Å². The standard InChI is InChI=1S/C11H15N3O/c1-4-5-12-10-11(15)14(7-6-13-10)8-9(2)3/h1,6-7,9H,5,8H2,2-3H3,(H,12,13). The summed E-state index contributed by atoms with van der Waals surface area (Å²) in [4.78, 5) is 15.7. The number of anilines is 1. The summed E-state index contributed by atoms with van der Waals surface area (Å²) in [7, 11) is 0. The molecule has 0 aliphatic rings. The third-order valence-electron chi connectivity index (χ3n) is 1.83. The van der Waals surface area contributed by atoms with Gasteiger partial charge in [0.25, 0.3) is 5.56 Å². The van der Waals surface area contributed by atoms with Crippen molar-refractivity contribution in [3.8, 4) is 12.3 Å². The van der Waals surface area contributed by atoms with E-state index in [0.29, 0.717) is 24.8 Å². The molecule has 0 saturated heterocycles. The Kier molecular flexibility index (Phi) is 3.92. The van der Waals surface area contributed by atoms with E-state index < -0.39 is 0 Å². The summed E-state index contributed by atoms with van der Waals surface area (Å²) < 4.78 is 1.64. The molecule has 0 saturated carbocycles. The minimum atomic E-state index is -0.124. The molecule has 0 fully saturated rings. The molecule has 0 aromatic carbocycles. The summed E-state index contributed by atoms with van der Waals surface area (Å²) in [6, 6.07) is 0. The third kappa shape index (κ3) is 3.13. The van der Waals surface area contributed by atoms with Crippen molar-refractivity contribution in [3.63, 3.8) is 0 Å². The van der Waals surface area contributed by atoms with E-state index in [1.165, 1.54) is 0 Å². The van der Waals surface area contributed by atoms with Crippen LogP contribution in [-0.4, -0.2) is 16.1 Å². The van der Waals surface area contributed by atoms with Crippen LogP contribution < -0.4 is 10.9 Å². The first kappa shape index (κ1) is 11.3. The fraction of sp³-hybridized carbons (Fsp3) is 0.455. The van der Waals surface area contributed by atoms with Gasteiger partial charge in [-0.1, -0.05) is 19.8 Å². The van der Waals surface area contributed by atoms with Gasteiger partial charge in [0, 0.05) is 18.9 Å². The topological polar surface area (TPSA) is 46.9 Å². The lowest BCUT2D eigenvalue weighted by Crippen LogP contribution is -2.26. The molecule has 0 atom stereocenters. The summed E-state index contributed by atoms with van der Waals surface area (Å²) >= 11 is 0. The number of hydrogen-bond acceptors (Lipinski definition) is 3. The second-order valence-electron chi connectivity index (χ2n) is 3.68. The van der Waals surface area contributed by atoms with E-state index in [0.717, 1.165) is 0 Å². The molecule has 1 heterocycles. The summed E-state index contributed by atoms with van der Waals surface area (Å²) in [5.74, 6) is 3.14. The van der Waals surface area contributed by atoms with Crippen LogP contribution >= 0.6 is 0 Å². The Morgan fingerprint density at radius 2 is 2.40 bits per heavy atom. The van der Waals surface area contributed by atoms with Gasteiger partial charge in [-0.15, -0.1) is 6.42 Å². The Hall–Kier alpha value is -1.76. The van der Waals surface area contributed by atoms with Gasteiger partial charge in [0.05, 0.1) is 6.54 Å². The van der Waals surface area contributed by atoms with E-state index >= 15 is 0 Å². The number of terminal acetylenes is 1. The molecule has 0 radical (unpaired) electrons. The Morgan fingerprint density at radius 3 is 3.00 bits per heavy atom. The van der Waals surface area contributed by atoms with Gasteiger partial charge >= 0.3 is 0 Å². The van der Waals surface area contributed by atoms with Crippen molar-refractivity contribution >= 4 is 5.82 Å². The zero-order valence-electron chi connectivity index (χ0n) is 9.03. The van der Waals surface area contributed by atoms with Gasteiger partial charge in [-0.3, -0.25) is 4.79 Å². The highest BCUT2D eigenvalue weighted by Crippen LogP contribution is 1.97. The number of rotatable bonds is 4. The first-order valence-electron chi connectivity index (χ1n) is 4.88. The summed E-state index contributed by atoms with van der Waals surface area (Å²) in [5, 5.41) is 2.80. The molecule has 1 N–H and O–H groups in total. The minimum absolute atomic E-state index is 0.124. The van der Waals surface area contributed by atoms with Crippen molar-refractivity contribution in [2.24, 2.45) is 5.92 Å². The van der Waals surface area contributed by atoms with Gasteiger partial charge in [-0.2, -0.15) is 0 Å². The van der Waals surface area contributed by atoms with Crippen molar-refractivity contribution in [1.29, 1.82) is 0 Å². The zero-order valence-corrected chi connectivity index (χ0v) is 9.03. The minimum Gasteiger partial charge on any atom is -0.355 e. The Bertz CT molecular complexity index is 415. The van der Waals surface area contributed by atoms with E-state index in [4.69, 9.17) is 6.42 Å². The number of nitrogens with one attached hydrogen (secondary N) is 1. The molecular weight excluding hydrogens is 190 g/mol. The number of aromatic nitrogens is 2. The Balaban J connectivity index is 2.91. The van der Waals surface area contributed by atoms with Gasteiger partial charge in [0.1, 0.15) is 0 Å². The van der Waals surface area contributed by atoms with Gasteiger partial charge < -0.3 is 9.88 Å². The van der Waals surface area contributed by atoms with Crippen LogP contribution in [-0.2, 0) is 6.54 Å². The molecule has 0 spiro atoms. The Labute approximate surface area is 89.3 Å². The molecular formula is C11H15N3O. The van der Waals surface area contributed by atoms with Crippen LogP contribution in [0.2, 0.25) is 0 Å². The fourth-order valence-electron chi connectivity index (χ4n) is 1.24. The van der Waals surface area contributed by atoms with E-state index in [1.54, 1.807) is 17.0 Å². The smallest absolute Gasteiger partial charge is 0.293 e. The first-order chi connectivity index (χ1) is 7.15. The largest absolute Gasteiger partial charge is 0.355 e. The van der Waals surface area contributed by atoms with Crippen LogP contribution in [0.25, 0.3) is 0 Å². The SMILES string of the molecule is C#CCNc1nccn(CC(C)C)c1=O. The zero-order chi connectivity index (χ0) is 11.3. The molecule has 1 aromatic rings. The van der Waals surface area contributed by atoms with Crippen LogP contribution in [0.4, 0.5) is 5.82 Å². The van der Waals surface area contributed by atoms with Crippen molar-refractivity contribution in [2.75, 3.05) is 11.9 Å². The van der Waals surface area contributed by atoms with Crippen molar-refractivity contribution in [3.05, 3.63) is 22.7 Å². The van der Waals surface area contributed by atoms with Crippen LogP contribution in [0.1, 0.15) is 13.8 Å². The number of nitrogens with zero attached hydrogens (tertiary/aromatic N) is 2. The highest BCUT2D eigenvalue weighted by molar-refractivity contribution is 5.32. The van der Waals surface area contributed by atoms with Crippen LogP contribution in [0, 0.1) is 18.3 Å². The Morgan fingerprint density at radius 1 is 1.67 bits per heavy atom. The molecule has 0 aliphatic heterocycles. The second kappa shape index (κ2) is 5.20. The van der Waals surface area contributed by atoms with Gasteiger partial charge in [0.2, 0.25) is 0 Å². The number of hydrogen-bond donors (Lipinski definition) is 1. The quantitative estimate of drug-likeness (QED) is 0.744. The van der Waals surface area contributed by atoms with Crippen molar-refractivity contribution in [1.82, 2.24) is 9.55 Å². The summed E-state index contributed by atoms with van der Waals surface area (Å²) in [5.41, 5.74) is -0.124. The predicted molar refractivity (Wildman–Crippen MR) is 60.7 cm³/mol. The van der Waals surface area contributed by atoms with Gasteiger partial charge in [-0.25, -0.2) is 4.98 Å². The summed E-state index contributed by atoms with van der Waals surface area (Å²) in [6.07, 6.45) is 8.38. The van der Waals surface area contributed by atoms with Crippen molar-refractivity contribution in [2.45, 2.75) is 20.4 Å². The highest BCUT2D eigenvalue weighted by Gasteiger charge is 2.04. The van der Waals surface area contributed by atoms with Crippen LogP contribution in [0.15, 0.2) is 17.2 Å². The molecule has 1 aromatic heterocycles. The van der Waals surface area contributed by atoms with E-state index in [-0.39, 0.29) is 5.56 Å². The molecule has 0 aliphatic carbocycles. The molecule has 80 valence electrons. The molecule has 1 rings (SSSR count). The van der Waals surface area contributed by atoms with Crippen LogP contribution in [0.3, 0.4) is 0 Å². The predicted octanol–water partition coefficient (Wildman–Crippen LogP) is 0.944. The average molecular weight is 205 g/mol. The molecule has 15 heavy (non-hydrogen) atoms. The van der Waals surface area contributed by atoms with E-state index in [2.05, 4.69) is 30.1 Å². The van der Waals surface area contributed by atoms with Crippen LogP contribution in [0.5, 0.6) is 0 Å². The third-order valence-corrected chi connectivity index (χ3v) is 1.83. The van der Waals surface area contributed by atoms with Gasteiger partial charge in [-0.05, 0) is 5.92 Å². The van der Waals surface area contributed by atoms with E-state index in [1.807, 2.05) is 0 Å².